The number of aromatic amines is 2. The molecule has 1 aliphatic rings. The van der Waals surface area contributed by atoms with Crippen molar-refractivity contribution in [1.29, 1.82) is 0 Å². The summed E-state index contributed by atoms with van der Waals surface area (Å²) in [7, 11) is 1.53. The number of rotatable bonds is 3. The van der Waals surface area contributed by atoms with E-state index in [-0.39, 0.29) is 17.4 Å². The van der Waals surface area contributed by atoms with Crippen molar-refractivity contribution in [2.24, 2.45) is 7.05 Å². The van der Waals surface area contributed by atoms with Crippen LogP contribution in [0.1, 0.15) is 34.9 Å². The predicted octanol–water partition coefficient (Wildman–Crippen LogP) is 3.28. The van der Waals surface area contributed by atoms with Crippen LogP contribution in [-0.4, -0.2) is 43.6 Å². The van der Waals surface area contributed by atoms with Gasteiger partial charge in [-0.3, -0.25) is 9.78 Å². The van der Waals surface area contributed by atoms with Gasteiger partial charge in [-0.1, -0.05) is 48.5 Å². The van der Waals surface area contributed by atoms with E-state index in [9.17, 15) is 9.59 Å². The molecule has 0 aliphatic carbocycles. The fourth-order valence-corrected chi connectivity index (χ4v) is 4.44. The molecule has 5 rings (SSSR count). The number of hydrogen-bond acceptors (Lipinski definition) is 3. The van der Waals surface area contributed by atoms with Gasteiger partial charge in [0.1, 0.15) is 0 Å². The summed E-state index contributed by atoms with van der Waals surface area (Å²) in [6.45, 7) is 1.27. The van der Waals surface area contributed by atoms with E-state index in [2.05, 4.69) is 57.5 Å². The minimum Gasteiger partial charge on any atom is -0.354 e. The Balaban J connectivity index is 1.43. The highest BCUT2D eigenvalue weighted by atomic mass is 16.2. The lowest BCUT2D eigenvalue weighted by atomic mass is 9.86. The topological polar surface area (TPSA) is 86.8 Å². The molecule has 152 valence electrons. The lowest BCUT2D eigenvalue weighted by Gasteiger charge is -2.32. The molecule has 1 aliphatic heterocycles. The first-order chi connectivity index (χ1) is 14.6. The molecule has 1 amide bonds. The summed E-state index contributed by atoms with van der Waals surface area (Å²) < 4.78 is 1.15. The smallest absolute Gasteiger partial charge is 0.343 e. The van der Waals surface area contributed by atoms with Crippen molar-refractivity contribution < 1.29 is 4.79 Å². The summed E-state index contributed by atoms with van der Waals surface area (Å²) >= 11 is 0. The largest absolute Gasteiger partial charge is 0.354 e. The molecule has 0 radical (unpaired) electrons. The zero-order valence-corrected chi connectivity index (χ0v) is 16.8. The third-order valence-electron chi connectivity index (χ3n) is 5.97. The Hall–Kier alpha value is -3.61. The lowest BCUT2D eigenvalue weighted by Crippen LogP contribution is -2.38. The highest BCUT2D eigenvalue weighted by Gasteiger charge is 2.29. The molecular formula is C23H23N5O2. The molecule has 2 aromatic heterocycles. The second kappa shape index (κ2) is 7.33. The van der Waals surface area contributed by atoms with Crippen LogP contribution in [0.4, 0.5) is 0 Å². The van der Waals surface area contributed by atoms with Crippen molar-refractivity contribution in [3.63, 3.8) is 0 Å². The molecule has 7 nitrogen and oxygen atoms in total. The Morgan fingerprint density at radius 2 is 1.70 bits per heavy atom. The highest BCUT2D eigenvalue weighted by Crippen LogP contribution is 2.40. The number of carbonyl (C=O) groups is 1. The van der Waals surface area contributed by atoms with E-state index in [0.29, 0.717) is 19.0 Å². The molecule has 0 spiro atoms. The quantitative estimate of drug-likeness (QED) is 0.552. The average molecular weight is 401 g/mol. The van der Waals surface area contributed by atoms with Gasteiger partial charge in [-0.05, 0) is 36.0 Å². The summed E-state index contributed by atoms with van der Waals surface area (Å²) in [4.78, 5) is 32.3. The third kappa shape index (κ3) is 3.12. The van der Waals surface area contributed by atoms with Gasteiger partial charge in [0, 0.05) is 36.7 Å². The summed E-state index contributed by atoms with van der Waals surface area (Å²) in [6.07, 6.45) is 1.73. The lowest BCUT2D eigenvalue weighted by molar-refractivity contribution is 0.0701. The Bertz CT molecular complexity index is 1260. The maximum absolute atomic E-state index is 12.7. The molecule has 2 aromatic carbocycles. The van der Waals surface area contributed by atoms with Crippen LogP contribution in [0.2, 0.25) is 0 Å². The fourth-order valence-electron chi connectivity index (χ4n) is 4.44. The molecule has 0 atom stereocenters. The van der Waals surface area contributed by atoms with Gasteiger partial charge in [0.25, 0.3) is 5.91 Å². The van der Waals surface area contributed by atoms with E-state index in [0.717, 1.165) is 28.7 Å². The second-order valence-corrected chi connectivity index (χ2v) is 7.79. The molecule has 1 saturated heterocycles. The summed E-state index contributed by atoms with van der Waals surface area (Å²) in [5, 5.41) is 5.25. The van der Waals surface area contributed by atoms with Crippen LogP contribution in [0.3, 0.4) is 0 Å². The summed E-state index contributed by atoms with van der Waals surface area (Å²) in [6, 6.07) is 18.8. The number of nitrogens with zero attached hydrogens (tertiary/aromatic N) is 3. The van der Waals surface area contributed by atoms with Crippen LogP contribution in [0.15, 0.2) is 59.4 Å². The van der Waals surface area contributed by atoms with Crippen LogP contribution in [-0.2, 0) is 7.05 Å². The number of para-hydroxylation sites is 1. The van der Waals surface area contributed by atoms with Crippen LogP contribution >= 0.6 is 0 Å². The van der Waals surface area contributed by atoms with Crippen molar-refractivity contribution in [3.8, 4) is 11.3 Å². The number of piperidine rings is 1. The van der Waals surface area contributed by atoms with Gasteiger partial charge in [0.2, 0.25) is 5.82 Å². The SMILES string of the molecule is Cn1nc(C(=O)N2CCC(c3c(-c4ccccc4)[nH]c4ccccc34)CC2)[nH]c1=O. The molecule has 0 unspecified atom stereocenters. The van der Waals surface area contributed by atoms with Gasteiger partial charge >= 0.3 is 5.69 Å². The van der Waals surface area contributed by atoms with E-state index >= 15 is 0 Å². The minimum absolute atomic E-state index is 0.109. The summed E-state index contributed by atoms with van der Waals surface area (Å²) in [5.74, 6) is 0.245. The molecule has 7 heteroatoms. The molecule has 0 saturated carbocycles. The first kappa shape index (κ1) is 18.4. The molecule has 0 bridgehead atoms. The van der Waals surface area contributed by atoms with Gasteiger partial charge in [0.05, 0.1) is 0 Å². The number of carbonyl (C=O) groups excluding carboxylic acids is 1. The predicted molar refractivity (Wildman–Crippen MR) is 115 cm³/mol. The third-order valence-corrected chi connectivity index (χ3v) is 5.97. The molecule has 30 heavy (non-hydrogen) atoms. The Morgan fingerprint density at radius 1 is 1.00 bits per heavy atom. The first-order valence-electron chi connectivity index (χ1n) is 10.2. The standard InChI is InChI=1S/C23H23N5O2/c1-27-23(30)25-21(26-27)22(29)28-13-11-15(12-14-28)19-17-9-5-6-10-18(17)24-20(19)16-7-3-2-4-8-16/h2-10,15,24H,11-14H2,1H3,(H,25,26,30). The fraction of sp³-hybridized carbons (Fsp3) is 0.261. The van der Waals surface area contributed by atoms with Crippen LogP contribution in [0.5, 0.6) is 0 Å². The number of aryl methyl sites for hydroxylation is 1. The molecule has 2 N–H and O–H groups in total. The van der Waals surface area contributed by atoms with Gasteiger partial charge in [-0.15, -0.1) is 5.10 Å². The van der Waals surface area contributed by atoms with E-state index in [1.165, 1.54) is 23.6 Å². The van der Waals surface area contributed by atoms with Crippen molar-refractivity contribution >= 4 is 16.8 Å². The zero-order valence-electron chi connectivity index (χ0n) is 16.8. The maximum Gasteiger partial charge on any atom is 0.343 e. The van der Waals surface area contributed by atoms with Crippen molar-refractivity contribution in [2.75, 3.05) is 13.1 Å². The number of likely N-dealkylation sites (tertiary alicyclic amines) is 1. The zero-order chi connectivity index (χ0) is 20.7. The van der Waals surface area contributed by atoms with Crippen molar-refractivity contribution in [3.05, 3.63) is 76.5 Å². The number of fused-ring (bicyclic) bond motifs is 1. The number of H-pyrrole nitrogens is 2. The number of nitrogens with one attached hydrogen (secondary N) is 2. The monoisotopic (exact) mass is 401 g/mol. The molecule has 3 heterocycles. The summed E-state index contributed by atoms with van der Waals surface area (Å²) in [5.41, 5.74) is 4.43. The van der Waals surface area contributed by atoms with Crippen molar-refractivity contribution in [1.82, 2.24) is 24.6 Å². The molecule has 1 fully saturated rings. The van der Waals surface area contributed by atoms with Gasteiger partial charge in [-0.2, -0.15) is 0 Å². The van der Waals surface area contributed by atoms with E-state index in [4.69, 9.17) is 0 Å². The van der Waals surface area contributed by atoms with E-state index in [1.807, 2.05) is 12.1 Å². The Kier molecular flexibility index (Phi) is 4.50. The van der Waals surface area contributed by atoms with Gasteiger partial charge in [-0.25, -0.2) is 9.48 Å². The second-order valence-electron chi connectivity index (χ2n) is 7.79. The number of aromatic nitrogens is 4. The first-order valence-corrected chi connectivity index (χ1v) is 10.2. The van der Waals surface area contributed by atoms with E-state index in [1.54, 1.807) is 4.90 Å². The number of hydrogen-bond donors (Lipinski definition) is 2. The highest BCUT2D eigenvalue weighted by molar-refractivity contribution is 5.92. The Morgan fingerprint density at radius 3 is 2.40 bits per heavy atom. The molecular weight excluding hydrogens is 378 g/mol. The van der Waals surface area contributed by atoms with Crippen molar-refractivity contribution in [2.45, 2.75) is 18.8 Å². The normalized spacial score (nSPS) is 15.0. The van der Waals surface area contributed by atoms with Crippen LogP contribution in [0, 0.1) is 0 Å². The molecule has 4 aromatic rings. The van der Waals surface area contributed by atoms with Crippen LogP contribution in [0.25, 0.3) is 22.2 Å². The number of benzene rings is 2. The minimum atomic E-state index is -0.375. The van der Waals surface area contributed by atoms with E-state index < -0.39 is 0 Å². The number of amides is 1. The Labute approximate surface area is 173 Å². The average Bonchev–Trinajstić information content (AvgIpc) is 3.34. The van der Waals surface area contributed by atoms with Crippen LogP contribution < -0.4 is 5.69 Å². The maximum atomic E-state index is 12.7. The van der Waals surface area contributed by atoms with Gasteiger partial charge in [0.15, 0.2) is 0 Å². The van der Waals surface area contributed by atoms with Gasteiger partial charge < -0.3 is 9.88 Å².